The van der Waals surface area contributed by atoms with E-state index in [0.29, 0.717) is 12.8 Å². The maximum atomic E-state index is 11.5. The van der Waals surface area contributed by atoms with Crippen molar-refractivity contribution in [3.05, 3.63) is 11.8 Å². The Labute approximate surface area is 98.8 Å². The molecule has 0 bridgehead atoms. The Kier molecular flexibility index (Phi) is 3.00. The summed E-state index contributed by atoms with van der Waals surface area (Å²) in [5.74, 6) is -2.59. The first-order valence-corrected chi connectivity index (χ1v) is 5.71. The molecule has 1 heterocycles. The van der Waals surface area contributed by atoms with Gasteiger partial charge in [0.25, 0.3) is 0 Å². The summed E-state index contributed by atoms with van der Waals surface area (Å²) in [6.07, 6.45) is 5.81. The van der Waals surface area contributed by atoms with Crippen LogP contribution in [-0.4, -0.2) is 23.3 Å². The molecule has 92 valence electrons. The molecule has 5 heteroatoms. The highest BCUT2D eigenvalue weighted by molar-refractivity contribution is 6.40. The molecule has 0 radical (unpaired) electrons. The minimum Gasteiger partial charge on any atom is -0.449 e. The van der Waals surface area contributed by atoms with Crippen LogP contribution in [0.2, 0.25) is 0 Å². The van der Waals surface area contributed by atoms with Gasteiger partial charge in [-0.15, -0.1) is 0 Å². The lowest BCUT2D eigenvalue weighted by atomic mass is 9.83. The Hall–Kier alpha value is -1.65. The highest BCUT2D eigenvalue weighted by atomic mass is 16.6. The summed E-state index contributed by atoms with van der Waals surface area (Å²) in [5, 5.41) is 0. The zero-order chi connectivity index (χ0) is 12.5. The normalized spacial score (nSPS) is 23.0. The minimum atomic E-state index is -0.925. The van der Waals surface area contributed by atoms with E-state index in [1.54, 1.807) is 0 Å². The largest absolute Gasteiger partial charge is 0.449 e. The van der Waals surface area contributed by atoms with Crippen LogP contribution in [0.25, 0.3) is 0 Å². The van der Waals surface area contributed by atoms with Gasteiger partial charge in [0.2, 0.25) is 0 Å². The van der Waals surface area contributed by atoms with Gasteiger partial charge in [0.05, 0.1) is 0 Å². The summed E-state index contributed by atoms with van der Waals surface area (Å²) >= 11 is 0. The van der Waals surface area contributed by atoms with E-state index in [0.717, 1.165) is 19.3 Å². The Balaban J connectivity index is 2.29. The van der Waals surface area contributed by atoms with Crippen molar-refractivity contribution in [2.24, 2.45) is 0 Å². The fourth-order valence-corrected chi connectivity index (χ4v) is 2.29. The molecule has 0 aromatic rings. The first-order valence-electron chi connectivity index (χ1n) is 5.71. The molecule has 5 nitrogen and oxygen atoms in total. The molecule has 2 aliphatic rings. The van der Waals surface area contributed by atoms with Crippen molar-refractivity contribution in [2.45, 2.75) is 44.6 Å². The van der Waals surface area contributed by atoms with Gasteiger partial charge in [-0.3, -0.25) is 9.59 Å². The van der Waals surface area contributed by atoms with Gasteiger partial charge in [0.15, 0.2) is 5.76 Å². The maximum absolute atomic E-state index is 11.5. The summed E-state index contributed by atoms with van der Waals surface area (Å²) in [4.78, 5) is 33.8. The van der Waals surface area contributed by atoms with E-state index in [2.05, 4.69) is 0 Å². The molecule has 1 aliphatic heterocycles. The number of hydrogen-bond donors (Lipinski definition) is 0. The third-order valence-corrected chi connectivity index (χ3v) is 3.05. The predicted molar refractivity (Wildman–Crippen MR) is 56.8 cm³/mol. The second kappa shape index (κ2) is 4.31. The quantitative estimate of drug-likeness (QED) is 0.508. The van der Waals surface area contributed by atoms with E-state index in [1.807, 2.05) is 0 Å². The number of rotatable bonds is 1. The van der Waals surface area contributed by atoms with Gasteiger partial charge in [-0.05, 0) is 25.7 Å². The second-order valence-electron chi connectivity index (χ2n) is 4.45. The highest BCUT2D eigenvalue weighted by Gasteiger charge is 2.43. The van der Waals surface area contributed by atoms with Gasteiger partial charge < -0.3 is 9.47 Å². The smallest absolute Gasteiger partial charge is 0.383 e. The zero-order valence-electron chi connectivity index (χ0n) is 9.65. The van der Waals surface area contributed by atoms with Crippen LogP contribution in [0.3, 0.4) is 0 Å². The number of esters is 2. The molecule has 2 rings (SSSR count). The molecule has 0 N–H and O–H groups in total. The van der Waals surface area contributed by atoms with Crippen molar-refractivity contribution in [3.63, 3.8) is 0 Å². The fraction of sp³-hybridized carbons (Fsp3) is 0.583. The topological polar surface area (TPSA) is 69.7 Å². The van der Waals surface area contributed by atoms with Crippen LogP contribution in [0, 0.1) is 0 Å². The van der Waals surface area contributed by atoms with Crippen LogP contribution in [0.5, 0.6) is 0 Å². The first-order chi connectivity index (χ1) is 8.02. The molecule has 0 saturated heterocycles. The van der Waals surface area contributed by atoms with Gasteiger partial charge in [-0.25, -0.2) is 4.79 Å². The average molecular weight is 238 g/mol. The highest BCUT2D eigenvalue weighted by Crippen LogP contribution is 2.36. The molecule has 0 aromatic heterocycles. The number of carbonyl (C=O) groups is 3. The summed E-state index contributed by atoms with van der Waals surface area (Å²) in [5.41, 5.74) is -0.742. The Morgan fingerprint density at radius 2 is 1.94 bits per heavy atom. The summed E-state index contributed by atoms with van der Waals surface area (Å²) in [7, 11) is 0. The number of ether oxygens (including phenoxy) is 2. The Morgan fingerprint density at radius 3 is 2.53 bits per heavy atom. The van der Waals surface area contributed by atoms with E-state index in [1.165, 1.54) is 13.0 Å². The predicted octanol–water partition coefficient (Wildman–Crippen LogP) is 1.26. The van der Waals surface area contributed by atoms with Crippen molar-refractivity contribution in [1.82, 2.24) is 0 Å². The van der Waals surface area contributed by atoms with Crippen LogP contribution >= 0.6 is 0 Å². The lowest BCUT2D eigenvalue weighted by Gasteiger charge is -2.36. The molecule has 0 aromatic carbocycles. The van der Waals surface area contributed by atoms with E-state index in [-0.39, 0.29) is 5.76 Å². The molecule has 0 unspecified atom stereocenters. The van der Waals surface area contributed by atoms with E-state index in [9.17, 15) is 14.4 Å². The summed E-state index contributed by atoms with van der Waals surface area (Å²) in [6.45, 7) is 1.20. The molecule has 1 aliphatic carbocycles. The lowest BCUT2D eigenvalue weighted by Crippen LogP contribution is -2.43. The van der Waals surface area contributed by atoms with Gasteiger partial charge in [0, 0.05) is 13.0 Å². The Bertz CT molecular complexity index is 401. The molecule has 1 spiro atoms. The first kappa shape index (κ1) is 11.8. The third kappa shape index (κ3) is 2.38. The van der Waals surface area contributed by atoms with Crippen LogP contribution in [0.15, 0.2) is 11.8 Å². The zero-order valence-corrected chi connectivity index (χ0v) is 9.65. The fourth-order valence-electron chi connectivity index (χ4n) is 2.29. The van der Waals surface area contributed by atoms with Gasteiger partial charge in [-0.2, -0.15) is 0 Å². The molecule has 0 atom stereocenters. The van der Waals surface area contributed by atoms with Crippen LogP contribution in [-0.2, 0) is 23.9 Å². The molecule has 1 saturated carbocycles. The van der Waals surface area contributed by atoms with Crippen molar-refractivity contribution in [2.75, 3.05) is 0 Å². The second-order valence-corrected chi connectivity index (χ2v) is 4.45. The van der Waals surface area contributed by atoms with Crippen molar-refractivity contribution in [3.8, 4) is 0 Å². The van der Waals surface area contributed by atoms with Crippen LogP contribution < -0.4 is 0 Å². The Morgan fingerprint density at radius 1 is 1.29 bits per heavy atom. The standard InChI is InChI=1S/C12H14O5/c1-8(13)16-9-7-12(5-3-2-4-6-12)17-11(15)10(9)14/h7H,2-6H2,1H3. The van der Waals surface area contributed by atoms with Crippen LogP contribution in [0.4, 0.5) is 0 Å². The average Bonchev–Trinajstić information content (AvgIpc) is 2.26. The van der Waals surface area contributed by atoms with E-state index in [4.69, 9.17) is 9.47 Å². The maximum Gasteiger partial charge on any atom is 0.383 e. The number of carbonyl (C=O) groups excluding carboxylic acids is 3. The molecular weight excluding hydrogens is 224 g/mol. The van der Waals surface area contributed by atoms with Crippen molar-refractivity contribution >= 4 is 17.7 Å². The molecule has 17 heavy (non-hydrogen) atoms. The van der Waals surface area contributed by atoms with Gasteiger partial charge >= 0.3 is 17.7 Å². The SMILES string of the molecule is CC(=O)OC1=CC2(CCCCC2)OC(=O)C1=O. The van der Waals surface area contributed by atoms with Gasteiger partial charge in [-0.1, -0.05) is 6.42 Å². The van der Waals surface area contributed by atoms with Crippen LogP contribution in [0.1, 0.15) is 39.0 Å². The number of Topliss-reactive ketones (excluding diaryl/α,β-unsaturated/α-hetero) is 1. The monoisotopic (exact) mass is 238 g/mol. The lowest BCUT2D eigenvalue weighted by molar-refractivity contribution is -0.168. The summed E-state index contributed by atoms with van der Waals surface area (Å²) < 4.78 is 9.96. The summed E-state index contributed by atoms with van der Waals surface area (Å²) in [6, 6.07) is 0. The van der Waals surface area contributed by atoms with E-state index >= 15 is 0 Å². The van der Waals surface area contributed by atoms with E-state index < -0.39 is 23.3 Å². The number of hydrogen-bond acceptors (Lipinski definition) is 5. The molecule has 0 amide bonds. The van der Waals surface area contributed by atoms with Crippen molar-refractivity contribution < 1.29 is 23.9 Å². The third-order valence-electron chi connectivity index (χ3n) is 3.05. The minimum absolute atomic E-state index is 0.185. The number of ketones is 1. The van der Waals surface area contributed by atoms with Crippen molar-refractivity contribution in [1.29, 1.82) is 0 Å². The van der Waals surface area contributed by atoms with Gasteiger partial charge in [0.1, 0.15) is 5.60 Å². The molecular formula is C12H14O5. The molecule has 1 fully saturated rings.